The van der Waals surface area contributed by atoms with E-state index in [1.807, 2.05) is 35.2 Å². The Morgan fingerprint density at radius 1 is 0.404 bits per heavy atom. The molecular weight excluding hydrogens is 671 g/mol. The quantitative estimate of drug-likeness (QED) is 0.165. The summed E-state index contributed by atoms with van der Waals surface area (Å²) < 4.78 is 9.01. The third-order valence-electron chi connectivity index (χ3n) is 9.72. The monoisotopic (exact) mass is 701 g/mol. The van der Waals surface area contributed by atoms with Crippen molar-refractivity contribution in [1.82, 2.24) is 0 Å². The molecule has 0 aliphatic heterocycles. The zero-order chi connectivity index (χ0) is 34.4. The average Bonchev–Trinajstić information content (AvgIpc) is 3.77. The number of furan rings is 1. The zero-order valence-electron chi connectivity index (χ0n) is 28.1. The van der Waals surface area contributed by atoms with Crippen LogP contribution >= 0.6 is 23.1 Å². The van der Waals surface area contributed by atoms with E-state index < -0.39 is 0 Å². The maximum Gasteiger partial charge on any atom is 0.137 e. The average molecular weight is 702 g/mol. The molecule has 0 amide bonds. The molecule has 0 fully saturated rings. The van der Waals surface area contributed by atoms with Gasteiger partial charge in [0, 0.05) is 63.9 Å². The number of anilines is 3. The number of benzene rings is 8. The molecule has 0 spiro atoms. The summed E-state index contributed by atoms with van der Waals surface area (Å²) >= 11 is 3.65. The first-order valence-electron chi connectivity index (χ1n) is 17.4. The number of fused-ring (bicyclic) bond motifs is 6. The lowest BCUT2D eigenvalue weighted by atomic mass is 10.0. The molecule has 2 heterocycles. The van der Waals surface area contributed by atoms with Gasteiger partial charge in [-0.1, -0.05) is 127 Å². The summed E-state index contributed by atoms with van der Waals surface area (Å²) in [6.07, 6.45) is 0. The van der Waals surface area contributed by atoms with Crippen LogP contribution in [-0.2, 0) is 0 Å². The molecule has 10 aromatic rings. The topological polar surface area (TPSA) is 16.4 Å². The lowest BCUT2D eigenvalue weighted by Crippen LogP contribution is -2.10. The molecule has 0 bridgehead atoms. The van der Waals surface area contributed by atoms with E-state index in [2.05, 4.69) is 181 Å². The molecule has 246 valence electrons. The van der Waals surface area contributed by atoms with Gasteiger partial charge in [-0.3, -0.25) is 0 Å². The zero-order valence-corrected chi connectivity index (χ0v) is 29.7. The first-order valence-corrected chi connectivity index (χ1v) is 19.0. The Bertz CT molecular complexity index is 2890. The highest BCUT2D eigenvalue weighted by atomic mass is 32.2. The predicted molar refractivity (Wildman–Crippen MR) is 223 cm³/mol. The van der Waals surface area contributed by atoms with E-state index in [-0.39, 0.29) is 0 Å². The number of nitrogens with zero attached hydrogens (tertiary/aromatic N) is 1. The molecule has 0 atom stereocenters. The van der Waals surface area contributed by atoms with E-state index in [1.54, 1.807) is 0 Å². The van der Waals surface area contributed by atoms with Crippen LogP contribution in [0.3, 0.4) is 0 Å². The number of para-hydroxylation sites is 1. The van der Waals surface area contributed by atoms with Crippen molar-refractivity contribution in [3.8, 4) is 22.3 Å². The van der Waals surface area contributed by atoms with Gasteiger partial charge in [0.25, 0.3) is 0 Å². The van der Waals surface area contributed by atoms with E-state index in [0.29, 0.717) is 0 Å². The van der Waals surface area contributed by atoms with Gasteiger partial charge in [0.15, 0.2) is 0 Å². The summed E-state index contributed by atoms with van der Waals surface area (Å²) in [5.74, 6) is 0. The van der Waals surface area contributed by atoms with Gasteiger partial charge >= 0.3 is 0 Å². The highest BCUT2D eigenvalue weighted by molar-refractivity contribution is 7.99. The maximum absolute atomic E-state index is 6.43. The molecule has 10 rings (SSSR count). The van der Waals surface area contributed by atoms with E-state index >= 15 is 0 Å². The Morgan fingerprint density at radius 3 is 1.90 bits per heavy atom. The molecule has 0 N–H and O–H groups in total. The fourth-order valence-corrected chi connectivity index (χ4v) is 9.39. The van der Waals surface area contributed by atoms with E-state index in [4.69, 9.17) is 4.42 Å². The highest BCUT2D eigenvalue weighted by Crippen LogP contribution is 2.45. The lowest BCUT2D eigenvalue weighted by Gasteiger charge is -2.27. The first-order chi connectivity index (χ1) is 25.7. The standard InChI is InChI=1S/C48H31NOS2/c1-3-12-32(13-4-1)34-16-11-17-38(28-34)51-48-31-37(22-25-39(48)33-14-5-2-6-15-33)49(35-24-27-47-43(29-35)42-19-8-10-21-46(42)52-47)36-23-26-41-40-18-7-9-20-44(40)50-45(41)30-36/h1-31H. The molecule has 0 radical (unpaired) electrons. The summed E-state index contributed by atoms with van der Waals surface area (Å²) in [5, 5.41) is 4.80. The Hall–Kier alpha value is -6.07. The molecule has 52 heavy (non-hydrogen) atoms. The maximum atomic E-state index is 6.43. The molecule has 4 heteroatoms. The minimum absolute atomic E-state index is 0.874. The van der Waals surface area contributed by atoms with Crippen LogP contribution in [0.5, 0.6) is 0 Å². The fraction of sp³-hybridized carbons (Fsp3) is 0. The van der Waals surface area contributed by atoms with Gasteiger partial charge in [-0.15, -0.1) is 11.3 Å². The van der Waals surface area contributed by atoms with Gasteiger partial charge in [-0.25, -0.2) is 0 Å². The van der Waals surface area contributed by atoms with Gasteiger partial charge in [0.1, 0.15) is 11.2 Å². The van der Waals surface area contributed by atoms with Crippen molar-refractivity contribution in [2.45, 2.75) is 9.79 Å². The third kappa shape index (κ3) is 5.54. The summed E-state index contributed by atoms with van der Waals surface area (Å²) in [4.78, 5) is 4.75. The van der Waals surface area contributed by atoms with Crippen molar-refractivity contribution in [1.29, 1.82) is 0 Å². The predicted octanol–water partition coefficient (Wildman–Crippen LogP) is 14.9. The van der Waals surface area contributed by atoms with E-state index in [1.165, 1.54) is 52.2 Å². The highest BCUT2D eigenvalue weighted by Gasteiger charge is 2.19. The molecule has 0 aliphatic carbocycles. The van der Waals surface area contributed by atoms with Gasteiger partial charge in [-0.2, -0.15) is 0 Å². The molecule has 0 saturated carbocycles. The van der Waals surface area contributed by atoms with Crippen LogP contribution in [0.4, 0.5) is 17.1 Å². The Balaban J connectivity index is 1.16. The van der Waals surface area contributed by atoms with E-state index in [0.717, 1.165) is 39.0 Å². The third-order valence-corrected chi connectivity index (χ3v) is 11.9. The normalized spacial score (nSPS) is 11.5. The minimum atomic E-state index is 0.874. The van der Waals surface area contributed by atoms with Crippen molar-refractivity contribution in [3.05, 3.63) is 188 Å². The Morgan fingerprint density at radius 2 is 1.04 bits per heavy atom. The van der Waals surface area contributed by atoms with Gasteiger partial charge in [-0.05, 0) is 89.0 Å². The minimum Gasteiger partial charge on any atom is -0.456 e. The second-order valence-corrected chi connectivity index (χ2v) is 15.1. The molecule has 8 aromatic carbocycles. The Kier molecular flexibility index (Phi) is 7.63. The smallest absolute Gasteiger partial charge is 0.137 e. The largest absolute Gasteiger partial charge is 0.456 e. The lowest BCUT2D eigenvalue weighted by molar-refractivity contribution is 0.669. The summed E-state index contributed by atoms with van der Waals surface area (Å²) in [7, 11) is 0. The second kappa shape index (κ2) is 12.9. The van der Waals surface area contributed by atoms with Crippen molar-refractivity contribution < 1.29 is 4.42 Å². The van der Waals surface area contributed by atoms with E-state index in [9.17, 15) is 0 Å². The summed E-state index contributed by atoms with van der Waals surface area (Å²) in [5.41, 5.74) is 9.81. The van der Waals surface area contributed by atoms with Crippen molar-refractivity contribution in [2.75, 3.05) is 4.90 Å². The number of hydrogen-bond acceptors (Lipinski definition) is 4. The molecule has 0 saturated heterocycles. The van der Waals surface area contributed by atoms with Crippen LogP contribution < -0.4 is 4.90 Å². The molecule has 0 unspecified atom stereocenters. The van der Waals surface area contributed by atoms with Crippen LogP contribution in [0.25, 0.3) is 64.4 Å². The van der Waals surface area contributed by atoms with Gasteiger partial charge in [0.2, 0.25) is 0 Å². The van der Waals surface area contributed by atoms with Crippen molar-refractivity contribution in [2.24, 2.45) is 0 Å². The molecule has 0 aliphatic rings. The van der Waals surface area contributed by atoms with Crippen LogP contribution in [0.2, 0.25) is 0 Å². The summed E-state index contributed by atoms with van der Waals surface area (Å²) in [6, 6.07) is 67.5. The van der Waals surface area contributed by atoms with Crippen molar-refractivity contribution >= 4 is 82.3 Å². The van der Waals surface area contributed by atoms with Crippen LogP contribution in [0, 0.1) is 0 Å². The fourth-order valence-electron chi connectivity index (χ4n) is 7.24. The SMILES string of the molecule is c1ccc(-c2cccc(Sc3cc(N(c4ccc5c(c4)oc4ccccc45)c4ccc5sc6ccccc6c5c4)ccc3-c3ccccc3)c2)cc1. The molecule has 2 aromatic heterocycles. The molecule has 2 nitrogen and oxygen atoms in total. The van der Waals surface area contributed by atoms with Gasteiger partial charge < -0.3 is 9.32 Å². The van der Waals surface area contributed by atoms with Crippen LogP contribution in [0.1, 0.15) is 0 Å². The first kappa shape index (κ1) is 30.7. The second-order valence-electron chi connectivity index (χ2n) is 12.9. The summed E-state index contributed by atoms with van der Waals surface area (Å²) in [6.45, 7) is 0. The molecular formula is C48H31NOS2. The van der Waals surface area contributed by atoms with Crippen LogP contribution in [-0.4, -0.2) is 0 Å². The number of rotatable bonds is 7. The van der Waals surface area contributed by atoms with Gasteiger partial charge in [0.05, 0.1) is 0 Å². The Labute approximate surface area is 310 Å². The van der Waals surface area contributed by atoms with Crippen molar-refractivity contribution in [3.63, 3.8) is 0 Å². The number of hydrogen-bond donors (Lipinski definition) is 0. The van der Waals surface area contributed by atoms with Crippen LogP contribution in [0.15, 0.2) is 202 Å². The number of thiophene rings is 1.